The summed E-state index contributed by atoms with van der Waals surface area (Å²) in [5.41, 5.74) is 3.61. The summed E-state index contributed by atoms with van der Waals surface area (Å²) < 4.78 is 29.2. The number of aromatic nitrogens is 2. The maximum absolute atomic E-state index is 12.4. The maximum Gasteiger partial charge on any atom is 0.387 e. The van der Waals surface area contributed by atoms with Crippen molar-refractivity contribution in [1.82, 2.24) is 9.97 Å². The largest absolute Gasteiger partial charge is 0.434 e. The standard InChI is InChI=1S/C14H14F2N4O2/c1-8-7-12(21)18-14(17-8)20-19-9(2)10-5-3-4-6-11(10)22-13(15)16/h3-7,13H,1-2H3,(H2,17,18,20,21)/b19-9+. The SMILES string of the molecule is C/C(=N\Nc1nc(C)cc(=O)[nH]1)c1ccccc1OC(F)F. The van der Waals surface area contributed by atoms with Gasteiger partial charge in [0.15, 0.2) is 0 Å². The molecule has 0 saturated carbocycles. The topological polar surface area (TPSA) is 79.4 Å². The number of hydrogen-bond donors (Lipinski definition) is 2. The molecule has 2 rings (SSSR count). The van der Waals surface area contributed by atoms with E-state index in [9.17, 15) is 13.6 Å². The van der Waals surface area contributed by atoms with Gasteiger partial charge in [0, 0.05) is 17.3 Å². The molecule has 0 aliphatic heterocycles. The van der Waals surface area contributed by atoms with E-state index in [-0.39, 0.29) is 17.3 Å². The predicted octanol–water partition coefficient (Wildman–Crippen LogP) is 2.52. The molecule has 0 amide bonds. The van der Waals surface area contributed by atoms with E-state index in [4.69, 9.17) is 0 Å². The molecular formula is C14H14F2N4O2. The molecule has 0 radical (unpaired) electrons. The molecule has 8 heteroatoms. The van der Waals surface area contributed by atoms with Gasteiger partial charge in [-0.1, -0.05) is 12.1 Å². The van der Waals surface area contributed by atoms with E-state index < -0.39 is 6.61 Å². The van der Waals surface area contributed by atoms with Gasteiger partial charge in [0.1, 0.15) is 5.75 Å². The Hall–Kier alpha value is -2.77. The second-order valence-corrected chi connectivity index (χ2v) is 4.42. The molecule has 2 N–H and O–H groups in total. The molecule has 2 aromatic rings. The van der Waals surface area contributed by atoms with Crippen molar-refractivity contribution in [3.05, 3.63) is 51.9 Å². The van der Waals surface area contributed by atoms with Crippen molar-refractivity contribution in [1.29, 1.82) is 0 Å². The second-order valence-electron chi connectivity index (χ2n) is 4.42. The Kier molecular flexibility index (Phi) is 4.82. The number of aryl methyl sites for hydroxylation is 1. The lowest BCUT2D eigenvalue weighted by atomic mass is 10.1. The minimum absolute atomic E-state index is 0.0197. The first-order valence-corrected chi connectivity index (χ1v) is 6.38. The fourth-order valence-corrected chi connectivity index (χ4v) is 1.79. The molecule has 0 aliphatic rings. The van der Waals surface area contributed by atoms with Crippen molar-refractivity contribution in [3.63, 3.8) is 0 Å². The highest BCUT2D eigenvalue weighted by molar-refractivity contribution is 6.01. The van der Waals surface area contributed by atoms with Crippen LogP contribution in [0.15, 0.2) is 40.2 Å². The molecule has 1 aromatic carbocycles. The van der Waals surface area contributed by atoms with E-state index in [0.29, 0.717) is 17.0 Å². The second kappa shape index (κ2) is 6.79. The number of hydrazone groups is 1. The van der Waals surface area contributed by atoms with Crippen molar-refractivity contribution >= 4 is 11.7 Å². The summed E-state index contributed by atoms with van der Waals surface area (Å²) >= 11 is 0. The summed E-state index contributed by atoms with van der Waals surface area (Å²) in [6, 6.07) is 7.63. The summed E-state index contributed by atoms with van der Waals surface area (Å²) in [6.45, 7) is 0.369. The molecule has 116 valence electrons. The molecular weight excluding hydrogens is 294 g/mol. The monoisotopic (exact) mass is 308 g/mol. The average molecular weight is 308 g/mol. The molecule has 6 nitrogen and oxygen atoms in total. The summed E-state index contributed by atoms with van der Waals surface area (Å²) in [5.74, 6) is 0.183. The zero-order chi connectivity index (χ0) is 16.1. The minimum atomic E-state index is -2.92. The lowest BCUT2D eigenvalue weighted by molar-refractivity contribution is -0.0499. The van der Waals surface area contributed by atoms with Crippen LogP contribution >= 0.6 is 0 Å². The highest BCUT2D eigenvalue weighted by Gasteiger charge is 2.11. The molecule has 1 heterocycles. The van der Waals surface area contributed by atoms with Crippen LogP contribution in [0.2, 0.25) is 0 Å². The van der Waals surface area contributed by atoms with E-state index >= 15 is 0 Å². The zero-order valence-electron chi connectivity index (χ0n) is 11.9. The number of anilines is 1. The summed E-state index contributed by atoms with van der Waals surface area (Å²) in [5, 5.41) is 4.02. The number of aromatic amines is 1. The molecule has 0 bridgehead atoms. The quantitative estimate of drug-likeness (QED) is 0.657. The average Bonchev–Trinajstić information content (AvgIpc) is 2.44. The van der Waals surface area contributed by atoms with Gasteiger partial charge in [0.25, 0.3) is 5.56 Å². The van der Waals surface area contributed by atoms with Gasteiger partial charge < -0.3 is 4.74 Å². The van der Waals surface area contributed by atoms with Gasteiger partial charge in [-0.25, -0.2) is 10.4 Å². The number of alkyl halides is 2. The number of ether oxygens (including phenoxy) is 1. The Morgan fingerprint density at radius 2 is 2.14 bits per heavy atom. The van der Waals surface area contributed by atoms with Crippen LogP contribution < -0.4 is 15.7 Å². The highest BCUT2D eigenvalue weighted by Crippen LogP contribution is 2.21. The Labute approximate surface area is 124 Å². The van der Waals surface area contributed by atoms with Gasteiger partial charge in [-0.2, -0.15) is 13.9 Å². The Morgan fingerprint density at radius 1 is 1.41 bits per heavy atom. The number of H-pyrrole nitrogens is 1. The first-order chi connectivity index (χ1) is 10.5. The maximum atomic E-state index is 12.4. The molecule has 1 aromatic heterocycles. The van der Waals surface area contributed by atoms with Gasteiger partial charge in [0.05, 0.1) is 5.71 Å². The van der Waals surface area contributed by atoms with Crippen LogP contribution in [-0.2, 0) is 0 Å². The number of nitrogens with zero attached hydrogens (tertiary/aromatic N) is 2. The predicted molar refractivity (Wildman–Crippen MR) is 78.5 cm³/mol. The smallest absolute Gasteiger partial charge is 0.387 e. The van der Waals surface area contributed by atoms with Crippen molar-refractivity contribution in [2.75, 3.05) is 5.43 Å². The normalized spacial score (nSPS) is 11.6. The molecule has 0 atom stereocenters. The van der Waals surface area contributed by atoms with Crippen LogP contribution in [0.4, 0.5) is 14.7 Å². The van der Waals surface area contributed by atoms with Crippen LogP contribution in [0.25, 0.3) is 0 Å². The van der Waals surface area contributed by atoms with E-state index in [0.717, 1.165) is 0 Å². The number of para-hydroxylation sites is 1. The van der Waals surface area contributed by atoms with Gasteiger partial charge in [0.2, 0.25) is 5.95 Å². The number of hydrogen-bond acceptors (Lipinski definition) is 5. The Bertz CT molecular complexity index is 744. The zero-order valence-corrected chi connectivity index (χ0v) is 11.9. The van der Waals surface area contributed by atoms with Crippen LogP contribution in [0.5, 0.6) is 5.75 Å². The molecule has 0 fully saturated rings. The van der Waals surface area contributed by atoms with Gasteiger partial charge >= 0.3 is 6.61 Å². The summed E-state index contributed by atoms with van der Waals surface area (Å²) in [6.07, 6.45) is 0. The van der Waals surface area contributed by atoms with E-state index in [1.165, 1.54) is 12.1 Å². The summed E-state index contributed by atoms with van der Waals surface area (Å²) in [4.78, 5) is 17.8. The minimum Gasteiger partial charge on any atom is -0.434 e. The first-order valence-electron chi connectivity index (χ1n) is 6.38. The van der Waals surface area contributed by atoms with Crippen LogP contribution in [0.1, 0.15) is 18.2 Å². The van der Waals surface area contributed by atoms with Crippen LogP contribution in [0, 0.1) is 6.92 Å². The molecule has 0 aliphatic carbocycles. The number of nitrogens with one attached hydrogen (secondary N) is 2. The van der Waals surface area contributed by atoms with Crippen molar-refractivity contribution in [2.24, 2.45) is 5.10 Å². The van der Waals surface area contributed by atoms with Crippen molar-refractivity contribution in [2.45, 2.75) is 20.5 Å². The van der Waals surface area contributed by atoms with Crippen LogP contribution in [0.3, 0.4) is 0 Å². The number of benzene rings is 1. The van der Waals surface area contributed by atoms with E-state index in [1.54, 1.807) is 32.0 Å². The third kappa shape index (κ3) is 4.11. The fourth-order valence-electron chi connectivity index (χ4n) is 1.79. The Balaban J connectivity index is 2.24. The third-order valence-electron chi connectivity index (χ3n) is 2.69. The highest BCUT2D eigenvalue weighted by atomic mass is 19.3. The lowest BCUT2D eigenvalue weighted by Crippen LogP contribution is -2.12. The number of rotatable bonds is 5. The van der Waals surface area contributed by atoms with Gasteiger partial charge in [-0.15, -0.1) is 0 Å². The lowest BCUT2D eigenvalue weighted by Gasteiger charge is -2.10. The molecule has 0 unspecified atom stereocenters. The van der Waals surface area contributed by atoms with Crippen LogP contribution in [-0.4, -0.2) is 22.3 Å². The van der Waals surface area contributed by atoms with Gasteiger partial charge in [-0.05, 0) is 26.0 Å². The Morgan fingerprint density at radius 3 is 2.82 bits per heavy atom. The third-order valence-corrected chi connectivity index (χ3v) is 2.69. The first kappa shape index (κ1) is 15.6. The molecule has 0 spiro atoms. The van der Waals surface area contributed by atoms with Gasteiger partial charge in [-0.3, -0.25) is 9.78 Å². The summed E-state index contributed by atoms with van der Waals surface area (Å²) in [7, 11) is 0. The number of halogens is 2. The fraction of sp³-hybridized carbons (Fsp3) is 0.214. The molecule has 22 heavy (non-hydrogen) atoms. The van der Waals surface area contributed by atoms with E-state index in [1.807, 2.05) is 0 Å². The molecule has 0 saturated heterocycles. The van der Waals surface area contributed by atoms with Crippen molar-refractivity contribution in [3.8, 4) is 5.75 Å². The van der Waals surface area contributed by atoms with E-state index in [2.05, 4.69) is 25.2 Å². The van der Waals surface area contributed by atoms with Crippen molar-refractivity contribution < 1.29 is 13.5 Å².